The lowest BCUT2D eigenvalue weighted by atomic mass is 9.94. The van der Waals surface area contributed by atoms with Gasteiger partial charge in [0.25, 0.3) is 0 Å². The summed E-state index contributed by atoms with van der Waals surface area (Å²) >= 11 is 0. The van der Waals surface area contributed by atoms with Crippen molar-refractivity contribution in [2.75, 3.05) is 14.7 Å². The summed E-state index contributed by atoms with van der Waals surface area (Å²) < 4.78 is 19.1. The lowest BCUT2D eigenvalue weighted by molar-refractivity contribution is 0.668. The molecule has 27 aromatic rings. The van der Waals surface area contributed by atoms with Gasteiger partial charge in [-0.15, -0.1) is 0 Å². The first-order valence-electron chi connectivity index (χ1n) is 51.0. The molecule has 0 fully saturated rings. The molecule has 6 nitrogen and oxygen atoms in total. The minimum atomic E-state index is 0.868. The number of hydrogen-bond acceptors (Lipinski definition) is 6. The summed E-state index contributed by atoms with van der Waals surface area (Å²) in [6.07, 6.45) is 0. The first-order chi connectivity index (χ1) is 74.3. The van der Waals surface area contributed by atoms with Crippen molar-refractivity contribution in [3.8, 4) is 134 Å². The van der Waals surface area contributed by atoms with E-state index in [0.29, 0.717) is 0 Å². The molecule has 0 spiro atoms. The van der Waals surface area contributed by atoms with E-state index in [9.17, 15) is 0 Å². The van der Waals surface area contributed by atoms with Crippen molar-refractivity contribution in [3.63, 3.8) is 0 Å². The van der Waals surface area contributed by atoms with Crippen LogP contribution in [0.15, 0.2) is 614 Å². The van der Waals surface area contributed by atoms with E-state index in [4.69, 9.17) is 13.3 Å². The van der Waals surface area contributed by atoms with Crippen LogP contribution in [0.4, 0.5) is 51.2 Å². The molecule has 3 heterocycles. The molecule has 0 N–H and O–H groups in total. The van der Waals surface area contributed by atoms with Crippen molar-refractivity contribution in [2.24, 2.45) is 0 Å². The Hall–Kier alpha value is -19.9. The second-order valence-electron chi connectivity index (χ2n) is 37.7. The molecule has 0 saturated carbocycles. The molecular formula is C144H99N3O3. The van der Waals surface area contributed by atoms with Gasteiger partial charge in [-0.2, -0.15) is 0 Å². The summed E-state index contributed by atoms with van der Waals surface area (Å²) in [6, 6.07) is 213. The quantitative estimate of drug-likeness (QED) is 0.0715. The number of para-hydroxylation sites is 4. The van der Waals surface area contributed by atoms with Crippen molar-refractivity contribution in [2.45, 2.75) is 0 Å². The van der Waals surface area contributed by atoms with E-state index in [0.717, 1.165) is 139 Å². The average molecular weight is 1920 g/mol. The van der Waals surface area contributed by atoms with Crippen molar-refractivity contribution in [1.82, 2.24) is 0 Å². The molecule has 27 rings (SSSR count). The standard InChI is InChI=1S/3C48H33NO/c1-3-12-34(13-4-1)36-22-24-38(25-23-36)43-18-7-9-20-46(43)49(42-30-31-45-44-19-8-10-21-47(44)50-48(45)33-42)41-28-26-37(27-29-41)40-17-11-16-39(32-40)35-14-5-2-6-15-35;1-3-12-34(13-4-1)37-16-9-18-39(30-37)36-24-26-42(27-25-36)49(44-28-29-46-45-22-7-8-23-47(45)50-48(46)33-44)43-21-11-20-41(32-43)40-19-10-17-38(31-40)35-14-5-2-6-15-35;1-3-13-34(14-4-1)37-17-11-18-38(31-37)35-25-27-40(28-26-35)49(42-29-30-46-45-23-9-10-24-47(45)50-48(46)33-42)41-20-12-19-39(32-41)44-22-8-7-21-43(44)36-15-5-2-6-16-36/h3*1-33H. The van der Waals surface area contributed by atoms with Gasteiger partial charge in [-0.3, -0.25) is 0 Å². The van der Waals surface area contributed by atoms with Crippen LogP contribution >= 0.6 is 0 Å². The Morgan fingerprint density at radius 1 is 0.100 bits per heavy atom. The van der Waals surface area contributed by atoms with E-state index in [-0.39, 0.29) is 0 Å². The monoisotopic (exact) mass is 1920 g/mol. The van der Waals surface area contributed by atoms with E-state index in [1.54, 1.807) is 0 Å². The largest absolute Gasteiger partial charge is 0.456 e. The number of fused-ring (bicyclic) bond motifs is 9. The highest BCUT2D eigenvalue weighted by Gasteiger charge is 2.25. The zero-order valence-corrected chi connectivity index (χ0v) is 82.2. The molecule has 0 radical (unpaired) electrons. The van der Waals surface area contributed by atoms with Crippen LogP contribution in [-0.4, -0.2) is 0 Å². The Bertz CT molecular complexity index is 9480. The minimum Gasteiger partial charge on any atom is -0.456 e. The topological polar surface area (TPSA) is 49.1 Å². The van der Waals surface area contributed by atoms with Crippen molar-refractivity contribution in [3.05, 3.63) is 601 Å². The van der Waals surface area contributed by atoms with Crippen LogP contribution < -0.4 is 14.7 Å². The molecule has 6 heteroatoms. The van der Waals surface area contributed by atoms with Gasteiger partial charge < -0.3 is 28.0 Å². The number of anilines is 9. The molecule has 0 amide bonds. The zero-order valence-electron chi connectivity index (χ0n) is 82.2. The third kappa shape index (κ3) is 19.0. The summed E-state index contributed by atoms with van der Waals surface area (Å²) in [7, 11) is 0. The lowest BCUT2D eigenvalue weighted by Gasteiger charge is -2.28. The van der Waals surface area contributed by atoms with E-state index >= 15 is 0 Å². The van der Waals surface area contributed by atoms with E-state index in [1.165, 1.54) is 111 Å². The molecule has 0 unspecified atom stereocenters. The summed E-state index contributed by atoms with van der Waals surface area (Å²) in [4.78, 5) is 6.99. The van der Waals surface area contributed by atoms with Crippen LogP contribution in [0.25, 0.3) is 199 Å². The predicted octanol–water partition coefficient (Wildman–Crippen LogP) is 41.2. The van der Waals surface area contributed by atoms with Crippen molar-refractivity contribution in [1.29, 1.82) is 0 Å². The number of nitrogens with zero attached hydrogens (tertiary/aromatic N) is 3. The number of furan rings is 3. The summed E-state index contributed by atoms with van der Waals surface area (Å²) in [5.41, 5.74) is 43.4. The second-order valence-corrected chi connectivity index (χ2v) is 37.7. The smallest absolute Gasteiger partial charge is 0.137 e. The average Bonchev–Trinajstić information content (AvgIpc) is 1.55. The Labute approximate surface area is 872 Å². The van der Waals surface area contributed by atoms with Gasteiger partial charge in [0.1, 0.15) is 33.5 Å². The molecule has 0 bridgehead atoms. The van der Waals surface area contributed by atoms with Crippen LogP contribution in [0, 0.1) is 0 Å². The van der Waals surface area contributed by atoms with E-state index in [2.05, 4.69) is 579 Å². The second kappa shape index (κ2) is 41.4. The van der Waals surface area contributed by atoms with Gasteiger partial charge >= 0.3 is 0 Å². The van der Waals surface area contributed by atoms with Crippen LogP contribution in [0.1, 0.15) is 0 Å². The SMILES string of the molecule is c1ccc(-c2ccc(-c3ccccc3N(c3ccc(-c4cccc(-c5ccccc5)c4)cc3)c3ccc4c(c3)oc3ccccc34)cc2)cc1.c1ccc(-c2cccc(-c3ccc(N(c4cccc(-c5cccc(-c6ccccc6)c5)c4)c4ccc5c(c4)oc4ccccc45)cc3)c2)cc1.c1ccc(-c2cccc(-c3ccc(N(c4cccc(-c5ccccc5-c5ccccc5)c4)c4ccc5c(c4)oc4ccccc45)cc3)c2)cc1. The van der Waals surface area contributed by atoms with Gasteiger partial charge in [0.2, 0.25) is 0 Å². The Kier molecular flexibility index (Phi) is 25.2. The summed E-state index contributed by atoms with van der Waals surface area (Å²) in [6.45, 7) is 0. The molecule has 708 valence electrons. The van der Waals surface area contributed by atoms with Gasteiger partial charge in [0.15, 0.2) is 0 Å². The molecule has 150 heavy (non-hydrogen) atoms. The van der Waals surface area contributed by atoms with Crippen LogP contribution in [0.3, 0.4) is 0 Å². The third-order valence-corrected chi connectivity index (χ3v) is 28.4. The highest BCUT2D eigenvalue weighted by molar-refractivity contribution is 6.09. The van der Waals surface area contributed by atoms with Gasteiger partial charge in [-0.05, 0) is 274 Å². The van der Waals surface area contributed by atoms with Crippen LogP contribution in [0.5, 0.6) is 0 Å². The van der Waals surface area contributed by atoms with Crippen LogP contribution in [0.2, 0.25) is 0 Å². The first-order valence-corrected chi connectivity index (χ1v) is 51.0. The molecule has 0 aliphatic heterocycles. The van der Waals surface area contributed by atoms with Gasteiger partial charge in [0.05, 0.1) is 5.69 Å². The number of benzene rings is 24. The van der Waals surface area contributed by atoms with E-state index in [1.807, 2.05) is 36.4 Å². The molecule has 24 aromatic carbocycles. The maximum absolute atomic E-state index is 6.38. The molecule has 0 atom stereocenters. The highest BCUT2D eigenvalue weighted by Crippen LogP contribution is 2.49. The molecule has 0 aliphatic rings. The fourth-order valence-corrected chi connectivity index (χ4v) is 21.0. The maximum Gasteiger partial charge on any atom is 0.137 e. The summed E-state index contributed by atoms with van der Waals surface area (Å²) in [5, 5.41) is 6.72. The van der Waals surface area contributed by atoms with Gasteiger partial charge in [-0.25, -0.2) is 0 Å². The summed E-state index contributed by atoms with van der Waals surface area (Å²) in [5.74, 6) is 0. The van der Waals surface area contributed by atoms with Gasteiger partial charge in [0, 0.05) is 102 Å². The Morgan fingerprint density at radius 2 is 0.300 bits per heavy atom. The van der Waals surface area contributed by atoms with Crippen molar-refractivity contribution < 1.29 is 13.3 Å². The zero-order chi connectivity index (χ0) is 99.8. The lowest BCUT2D eigenvalue weighted by Crippen LogP contribution is -2.11. The molecule has 0 aliphatic carbocycles. The first kappa shape index (κ1) is 91.3. The van der Waals surface area contributed by atoms with Gasteiger partial charge in [-0.1, -0.05) is 437 Å². The normalized spacial score (nSPS) is 11.2. The molecule has 0 saturated heterocycles. The third-order valence-electron chi connectivity index (χ3n) is 28.4. The number of rotatable bonds is 21. The van der Waals surface area contributed by atoms with Crippen LogP contribution in [-0.2, 0) is 0 Å². The fraction of sp³-hybridized carbons (Fsp3) is 0. The fourth-order valence-electron chi connectivity index (χ4n) is 21.0. The molecular weight excluding hydrogens is 1820 g/mol. The Balaban J connectivity index is 0.000000116. The van der Waals surface area contributed by atoms with Crippen molar-refractivity contribution >= 4 is 117 Å². The highest BCUT2D eigenvalue weighted by atomic mass is 16.3. The molecule has 3 aromatic heterocycles. The minimum absolute atomic E-state index is 0.868. The Morgan fingerprint density at radius 3 is 0.660 bits per heavy atom. The predicted molar refractivity (Wildman–Crippen MR) is 630 cm³/mol. The number of hydrogen-bond donors (Lipinski definition) is 0. The van der Waals surface area contributed by atoms with E-state index < -0.39 is 0 Å². The maximum atomic E-state index is 6.38.